The molecule has 5 aliphatic heterocycles. The smallest absolute Gasteiger partial charge is 0.413 e. The first kappa shape index (κ1) is 104. The topological polar surface area (TPSA) is 373 Å². The molecule has 10 N–H and O–H groups in total. The van der Waals surface area contributed by atoms with E-state index >= 15 is 0 Å². The minimum absolute atomic E-state index is 0.0149. The summed E-state index contributed by atoms with van der Waals surface area (Å²) in [7, 11) is 8.52. The van der Waals surface area contributed by atoms with E-state index in [1.54, 1.807) is 158 Å². The molecule has 6 aromatic rings. The second-order valence-corrected chi connectivity index (χ2v) is 43.1. The average molecular weight is 1950 g/mol. The summed E-state index contributed by atoms with van der Waals surface area (Å²) in [5.41, 5.74) is 16.0. The number of nitrogens with one attached hydrogen (secondary N) is 4. The van der Waals surface area contributed by atoms with Crippen LogP contribution in [0.4, 0.5) is 53.4 Å². The van der Waals surface area contributed by atoms with E-state index < -0.39 is 73.5 Å². The van der Waals surface area contributed by atoms with Gasteiger partial charge in [-0.3, -0.25) is 55.8 Å². The molecule has 0 spiro atoms. The van der Waals surface area contributed by atoms with Gasteiger partial charge in [0.1, 0.15) is 45.9 Å². The molecular formula is C97H124F5N13O14S5. The predicted octanol–water partition coefficient (Wildman–Crippen LogP) is 19.7. The lowest BCUT2D eigenvalue weighted by atomic mass is 9.68. The molecular weight excluding hydrogens is 1830 g/mol. The number of benzene rings is 6. The number of nitrogen functional groups attached to an aromatic ring is 2. The van der Waals surface area contributed by atoms with Gasteiger partial charge < -0.3 is 60.4 Å². The quantitative estimate of drug-likeness (QED) is 0.0197. The Morgan fingerprint density at radius 1 is 0.373 bits per heavy atom. The number of alkyl carbamates (subject to hydrolysis) is 3. The van der Waals surface area contributed by atoms with Crippen molar-refractivity contribution in [3.8, 4) is 0 Å². The summed E-state index contributed by atoms with van der Waals surface area (Å²) < 4.78 is 117. The van der Waals surface area contributed by atoms with Crippen LogP contribution in [0.5, 0.6) is 0 Å². The third kappa shape index (κ3) is 25.3. The SMILES string of the molecule is CO[C@@H]1CCC2(c3cc(N)ccc3F)N=C(NC(=O)OC(C)(C)C)SC[C@@H]2C1.CO[C@@H]1CCC2(c3cc([N+](=O)[O-])ccc3F)N=C(NC(=O)OC(C)(C)C)SC[C@@H]2C1.CO[C@@H]1CCC2(c3ccccc3F)N=C(N)SC[C@@H]2C1.CO[C@@H]1CCC2(c3ccccc3F)N=C(NC(=O)c3ccccc3)SC[C@@H]2C1.CO[C@@H]1CC[C@]2(c3cc(N)ccc3F)N=C(NC(=O)OC(C)(C)C)SC[C@@H]2C1. The number of hydrogen-bond acceptors (Lipinski definition) is 27. The summed E-state index contributed by atoms with van der Waals surface area (Å²) in [6, 6.07) is 35.6. The van der Waals surface area contributed by atoms with Crippen LogP contribution < -0.4 is 38.5 Å². The number of fused-ring (bicyclic) bond motifs is 5. The molecule has 5 saturated carbocycles. The number of thioether (sulfide) groups is 5. The lowest BCUT2D eigenvalue weighted by molar-refractivity contribution is -0.385. The highest BCUT2D eigenvalue weighted by molar-refractivity contribution is 8.15. The van der Waals surface area contributed by atoms with E-state index in [2.05, 4.69) is 21.3 Å². The lowest BCUT2D eigenvalue weighted by Crippen LogP contribution is -2.48. The first-order valence-corrected chi connectivity index (χ1v) is 49.9. The summed E-state index contributed by atoms with van der Waals surface area (Å²) in [6.07, 6.45) is 9.89. The van der Waals surface area contributed by atoms with Gasteiger partial charge >= 0.3 is 18.3 Å². The van der Waals surface area contributed by atoms with Gasteiger partial charge in [-0.2, -0.15) is 0 Å². The van der Waals surface area contributed by atoms with Crippen molar-refractivity contribution in [3.05, 3.63) is 206 Å². The fraction of sp³-hybridized carbons (Fsp3) is 0.536. The van der Waals surface area contributed by atoms with Crippen LogP contribution in [-0.4, -0.2) is 167 Å². The number of nitro benzene ring substituents is 1. The largest absolute Gasteiger partial charge is 0.444 e. The molecule has 15 atom stereocenters. The van der Waals surface area contributed by atoms with Gasteiger partial charge in [0, 0.05) is 151 Å². The Kier molecular flexibility index (Phi) is 34.6. The molecule has 0 aromatic heterocycles. The van der Waals surface area contributed by atoms with Crippen LogP contribution in [0.25, 0.3) is 0 Å². The third-order valence-corrected chi connectivity index (χ3v) is 31.0. The zero-order valence-electron chi connectivity index (χ0n) is 78.2. The van der Waals surface area contributed by atoms with Gasteiger partial charge in [-0.1, -0.05) is 113 Å². The molecule has 0 saturated heterocycles. The molecule has 10 aliphatic rings. The van der Waals surface area contributed by atoms with Crippen molar-refractivity contribution in [2.75, 3.05) is 75.8 Å². The van der Waals surface area contributed by atoms with Gasteiger partial charge in [0.2, 0.25) is 0 Å². The van der Waals surface area contributed by atoms with Crippen LogP contribution in [0.15, 0.2) is 158 Å². The van der Waals surface area contributed by atoms with Gasteiger partial charge in [-0.15, -0.1) is 0 Å². The van der Waals surface area contributed by atoms with E-state index in [-0.39, 0.29) is 101 Å². The van der Waals surface area contributed by atoms with Crippen LogP contribution >= 0.6 is 58.8 Å². The highest BCUT2D eigenvalue weighted by atomic mass is 32.2. The predicted molar refractivity (Wildman–Crippen MR) is 522 cm³/mol. The molecule has 0 radical (unpaired) electrons. The van der Waals surface area contributed by atoms with E-state index in [1.807, 2.05) is 42.5 Å². The summed E-state index contributed by atoms with van der Waals surface area (Å²) in [5.74, 6) is 2.27. The van der Waals surface area contributed by atoms with E-state index in [1.165, 1.54) is 77.4 Å². The number of carbonyl (C=O) groups is 4. The van der Waals surface area contributed by atoms with Crippen molar-refractivity contribution in [1.82, 2.24) is 21.3 Å². The minimum atomic E-state index is -1.01. The maximum absolute atomic E-state index is 14.9. The van der Waals surface area contributed by atoms with Crippen molar-refractivity contribution in [1.29, 1.82) is 0 Å². The zero-order chi connectivity index (χ0) is 96.9. The summed E-state index contributed by atoms with van der Waals surface area (Å²) in [4.78, 5) is 84.1. The number of hydrogen-bond donors (Lipinski definition) is 7. The minimum Gasteiger partial charge on any atom is -0.444 e. The fourth-order valence-corrected chi connectivity index (χ4v) is 25.1. The zero-order valence-corrected chi connectivity index (χ0v) is 82.3. The second kappa shape index (κ2) is 44.6. The number of nitrogens with zero attached hydrogens (tertiary/aromatic N) is 6. The van der Waals surface area contributed by atoms with Crippen molar-refractivity contribution in [2.24, 2.45) is 60.3 Å². The highest BCUT2D eigenvalue weighted by Gasteiger charge is 2.55. The maximum Gasteiger partial charge on any atom is 0.413 e. The Morgan fingerprint density at radius 3 is 0.963 bits per heavy atom. The Labute approximate surface area is 801 Å². The molecule has 16 rings (SSSR count). The Bertz CT molecular complexity index is 5210. The van der Waals surface area contributed by atoms with E-state index in [0.29, 0.717) is 121 Å². The molecule has 5 heterocycles. The van der Waals surface area contributed by atoms with Crippen molar-refractivity contribution < 1.29 is 83.9 Å². The number of non-ortho nitro benzene ring substituents is 1. The number of anilines is 2. The molecule has 4 amide bonds. The number of methoxy groups -OCH3 is 5. The molecule has 134 heavy (non-hydrogen) atoms. The van der Waals surface area contributed by atoms with Crippen LogP contribution in [0.3, 0.4) is 0 Å². The number of rotatable bonds is 12. The molecule has 27 nitrogen and oxygen atoms in total. The molecule has 726 valence electrons. The summed E-state index contributed by atoms with van der Waals surface area (Å²) in [5, 5.41) is 24.7. The average Bonchev–Trinajstić information content (AvgIpc) is 0.729. The van der Waals surface area contributed by atoms with Crippen molar-refractivity contribution >= 4 is 126 Å². The number of carbonyl (C=O) groups excluding carboxylic acids is 4. The van der Waals surface area contributed by atoms with Crippen molar-refractivity contribution in [3.63, 3.8) is 0 Å². The van der Waals surface area contributed by atoms with Crippen LogP contribution in [0, 0.1) is 68.8 Å². The Morgan fingerprint density at radius 2 is 0.649 bits per heavy atom. The van der Waals surface area contributed by atoms with Crippen molar-refractivity contribution in [2.45, 2.75) is 234 Å². The molecule has 37 heteroatoms. The standard InChI is InChI=1S/C22H23FN2O2S.C20H26FN3O5S.2C20H28FN3O3S.C15H19FN2OS/c1-27-17-11-12-22(18-9-5-6-10-19(18)23)16(13-17)14-28-21(25-22)24-20(26)15-7-3-2-4-8-15;1-19(2,3)29-18(25)22-17-23-20(8-7-14(28-4)9-12(20)11-30-17)15-10-13(24(26)27)5-6-16(15)21;2*1-19(2,3)27-18(25)23-17-24-20(15-10-13(22)5-6-16(15)21)8-7-14(26-4)9-12(20)11-28-17;1-19-11-6-7-15(12-4-2-3-5-13(12)16)10(8-11)9-20-14(17)18-15/h2-10,16-17H,11-14H2,1H3,(H,24,25,26);5-6,10,12,14H,7-9,11H2,1-4H3,(H,22,23,25);2*5-6,10,12,14H,7-9,11,22H2,1-4H3,(H,23,24,25);2-5,10-11H,6-9H2,1H3,(H2,17,18)/t16-,17+,22?;2*12-,14+,20?;12-,14+,20-;10-,11+,15?/m00000/s1. The number of nitrogens with two attached hydrogens (primary N) is 3. The molecule has 5 aliphatic carbocycles. The number of ether oxygens (including phenoxy) is 8. The number of amidine groups is 5. The molecule has 0 bridgehead atoms. The van der Waals surface area contributed by atoms with E-state index in [0.717, 1.165) is 81.4 Å². The Balaban J connectivity index is 0.000000152. The number of amides is 4. The van der Waals surface area contributed by atoms with E-state index in [4.69, 9.17) is 80.1 Å². The van der Waals surface area contributed by atoms with E-state index in [9.17, 15) is 51.2 Å². The first-order chi connectivity index (χ1) is 63.6. The van der Waals surface area contributed by atoms with Crippen LogP contribution in [-0.2, 0) is 65.6 Å². The number of aliphatic imine (C=N–C) groups is 5. The lowest BCUT2D eigenvalue weighted by Gasteiger charge is -2.46. The van der Waals surface area contributed by atoms with Gasteiger partial charge in [0.05, 0.1) is 63.1 Å². The van der Waals surface area contributed by atoms with Gasteiger partial charge in [-0.05, 0) is 225 Å². The number of halogens is 5. The maximum atomic E-state index is 14.9. The summed E-state index contributed by atoms with van der Waals surface area (Å²) in [6.45, 7) is 16.1. The molecule has 5 fully saturated rings. The highest BCUT2D eigenvalue weighted by Crippen LogP contribution is 2.57. The van der Waals surface area contributed by atoms with Crippen LogP contribution in [0.1, 0.15) is 197 Å². The first-order valence-electron chi connectivity index (χ1n) is 45.0. The second-order valence-electron chi connectivity index (χ2n) is 38.0. The molecule has 6 aromatic carbocycles. The normalized spacial score (nSPS) is 28.0. The monoisotopic (exact) mass is 1950 g/mol. The Hall–Kier alpha value is -9.05. The van der Waals surface area contributed by atoms with Gasteiger partial charge in [0.25, 0.3) is 11.6 Å². The van der Waals surface area contributed by atoms with Gasteiger partial charge in [0.15, 0.2) is 25.8 Å². The van der Waals surface area contributed by atoms with Gasteiger partial charge in [-0.25, -0.2) is 36.3 Å². The number of nitro groups is 1. The third-order valence-electron chi connectivity index (χ3n) is 26.0. The molecule has 4 unspecified atom stereocenters. The summed E-state index contributed by atoms with van der Waals surface area (Å²) >= 11 is 7.34. The van der Waals surface area contributed by atoms with Crippen LogP contribution in [0.2, 0.25) is 0 Å². The fourth-order valence-electron chi connectivity index (χ4n) is 19.5.